The zero-order chi connectivity index (χ0) is 28.6. The molecule has 0 atom stereocenters. The molecule has 2 heterocycles. The molecule has 0 radical (unpaired) electrons. The SMILES string of the molecule is COc1cc(-c2cn(C)c(=O)c3cnccc23)cc(OC)c1CCNCC(=O)NCCCC(=O)OC(C)(C)C. The Labute approximate surface area is 228 Å². The molecule has 0 spiro atoms. The van der Waals surface area contributed by atoms with Gasteiger partial charge in [0.15, 0.2) is 0 Å². The molecule has 2 N–H and O–H groups in total. The summed E-state index contributed by atoms with van der Waals surface area (Å²) in [7, 11) is 4.91. The maximum Gasteiger partial charge on any atom is 0.306 e. The maximum atomic E-state index is 12.6. The molecule has 210 valence electrons. The quantitative estimate of drug-likeness (QED) is 0.267. The zero-order valence-electron chi connectivity index (χ0n) is 23.6. The highest BCUT2D eigenvalue weighted by Crippen LogP contribution is 2.37. The number of ether oxygens (including phenoxy) is 3. The fourth-order valence-electron chi connectivity index (χ4n) is 4.26. The summed E-state index contributed by atoms with van der Waals surface area (Å²) in [4.78, 5) is 40.6. The highest BCUT2D eigenvalue weighted by atomic mass is 16.6. The van der Waals surface area contributed by atoms with Crippen LogP contribution in [-0.4, -0.2) is 60.9 Å². The predicted octanol–water partition coefficient (Wildman–Crippen LogP) is 2.99. The summed E-state index contributed by atoms with van der Waals surface area (Å²) in [6.07, 6.45) is 6.38. The molecule has 0 aliphatic carbocycles. The van der Waals surface area contributed by atoms with Crippen molar-refractivity contribution in [2.24, 2.45) is 7.05 Å². The van der Waals surface area contributed by atoms with Crippen LogP contribution in [0.5, 0.6) is 11.5 Å². The van der Waals surface area contributed by atoms with E-state index in [1.165, 1.54) is 0 Å². The predicted molar refractivity (Wildman–Crippen MR) is 150 cm³/mol. The Morgan fingerprint density at radius 2 is 1.74 bits per heavy atom. The van der Waals surface area contributed by atoms with Crippen LogP contribution in [0.15, 0.2) is 41.6 Å². The van der Waals surface area contributed by atoms with Gasteiger partial charge in [0, 0.05) is 49.7 Å². The largest absolute Gasteiger partial charge is 0.496 e. The van der Waals surface area contributed by atoms with Crippen molar-refractivity contribution in [1.29, 1.82) is 0 Å². The molecular formula is C29H38N4O6. The molecule has 1 amide bonds. The highest BCUT2D eigenvalue weighted by Gasteiger charge is 2.17. The highest BCUT2D eigenvalue weighted by molar-refractivity contribution is 5.95. The number of nitrogens with one attached hydrogen (secondary N) is 2. The molecule has 39 heavy (non-hydrogen) atoms. The average molecular weight is 539 g/mol. The van der Waals surface area contributed by atoms with Crippen LogP contribution in [0.2, 0.25) is 0 Å². The van der Waals surface area contributed by atoms with E-state index >= 15 is 0 Å². The summed E-state index contributed by atoms with van der Waals surface area (Å²) in [5, 5.41) is 7.28. The number of aryl methyl sites for hydroxylation is 1. The Balaban J connectivity index is 1.61. The number of aromatic nitrogens is 2. The van der Waals surface area contributed by atoms with Crippen LogP contribution in [-0.2, 0) is 27.8 Å². The number of esters is 1. The van der Waals surface area contributed by atoms with E-state index in [9.17, 15) is 14.4 Å². The fraction of sp³-hybridized carbons (Fsp3) is 0.448. The molecule has 10 nitrogen and oxygen atoms in total. The lowest BCUT2D eigenvalue weighted by Gasteiger charge is -2.19. The summed E-state index contributed by atoms with van der Waals surface area (Å²) < 4.78 is 18.2. The molecule has 1 aromatic carbocycles. The van der Waals surface area contributed by atoms with Gasteiger partial charge in [0.2, 0.25) is 5.91 Å². The summed E-state index contributed by atoms with van der Waals surface area (Å²) in [5.74, 6) is 0.873. The molecule has 0 fully saturated rings. The third kappa shape index (κ3) is 8.03. The van der Waals surface area contributed by atoms with Crippen molar-refractivity contribution in [2.45, 2.75) is 45.6 Å². The normalized spacial score (nSPS) is 11.3. The van der Waals surface area contributed by atoms with Gasteiger partial charge in [0.05, 0.1) is 26.2 Å². The maximum absolute atomic E-state index is 12.6. The van der Waals surface area contributed by atoms with Crippen molar-refractivity contribution < 1.29 is 23.8 Å². The van der Waals surface area contributed by atoms with Gasteiger partial charge in [0.1, 0.15) is 17.1 Å². The lowest BCUT2D eigenvalue weighted by Crippen LogP contribution is -2.35. The third-order valence-corrected chi connectivity index (χ3v) is 6.04. The van der Waals surface area contributed by atoms with Gasteiger partial charge in [-0.05, 0) is 69.3 Å². The van der Waals surface area contributed by atoms with Crippen LogP contribution in [0.3, 0.4) is 0 Å². The van der Waals surface area contributed by atoms with E-state index in [0.717, 1.165) is 22.1 Å². The monoisotopic (exact) mass is 538 g/mol. The number of hydrogen-bond acceptors (Lipinski definition) is 8. The van der Waals surface area contributed by atoms with E-state index in [0.29, 0.717) is 42.8 Å². The van der Waals surface area contributed by atoms with Crippen LogP contribution in [0, 0.1) is 0 Å². The number of rotatable bonds is 12. The minimum absolute atomic E-state index is 0.115. The Morgan fingerprint density at radius 1 is 1.05 bits per heavy atom. The smallest absolute Gasteiger partial charge is 0.306 e. The van der Waals surface area contributed by atoms with Crippen molar-refractivity contribution in [3.8, 4) is 22.6 Å². The number of amides is 1. The molecule has 2 aromatic heterocycles. The number of benzene rings is 1. The molecule has 0 unspecified atom stereocenters. The van der Waals surface area contributed by atoms with Gasteiger partial charge in [-0.1, -0.05) is 0 Å². The summed E-state index contributed by atoms with van der Waals surface area (Å²) in [6.45, 7) is 6.54. The average Bonchev–Trinajstić information content (AvgIpc) is 2.89. The second kappa shape index (κ2) is 13.2. The number of nitrogens with zero attached hydrogens (tertiary/aromatic N) is 2. The zero-order valence-corrected chi connectivity index (χ0v) is 23.6. The topological polar surface area (TPSA) is 121 Å². The number of pyridine rings is 2. The standard InChI is InChI=1S/C29H38N4O6/c1-29(2,3)39-27(35)8-7-11-32-26(34)17-31-13-10-21-24(37-5)14-19(15-25(21)38-6)23-18-33(4)28(36)22-16-30-12-9-20(22)23/h9,12,14-16,18,31H,7-8,10-11,13,17H2,1-6H3,(H,32,34). The lowest BCUT2D eigenvalue weighted by molar-refractivity contribution is -0.155. The molecule has 3 rings (SSSR count). The molecule has 0 aliphatic rings. The van der Waals surface area contributed by atoms with E-state index in [2.05, 4.69) is 15.6 Å². The first-order valence-electron chi connectivity index (χ1n) is 12.9. The van der Waals surface area contributed by atoms with Crippen molar-refractivity contribution in [3.63, 3.8) is 0 Å². The fourth-order valence-corrected chi connectivity index (χ4v) is 4.26. The van der Waals surface area contributed by atoms with Crippen LogP contribution in [0.4, 0.5) is 0 Å². The molecule has 0 bridgehead atoms. The minimum Gasteiger partial charge on any atom is -0.496 e. The van der Waals surface area contributed by atoms with Gasteiger partial charge >= 0.3 is 5.97 Å². The number of methoxy groups -OCH3 is 2. The van der Waals surface area contributed by atoms with Crippen molar-refractivity contribution in [2.75, 3.05) is 33.9 Å². The van der Waals surface area contributed by atoms with E-state index in [1.807, 2.05) is 39.0 Å². The second-order valence-electron chi connectivity index (χ2n) is 10.2. The molecule has 0 saturated carbocycles. The van der Waals surface area contributed by atoms with Gasteiger partial charge in [-0.25, -0.2) is 0 Å². The number of hydrogen-bond donors (Lipinski definition) is 2. The van der Waals surface area contributed by atoms with Crippen LogP contribution in [0.1, 0.15) is 39.2 Å². The number of carbonyl (C=O) groups excluding carboxylic acids is 2. The van der Waals surface area contributed by atoms with E-state index in [-0.39, 0.29) is 30.4 Å². The van der Waals surface area contributed by atoms with Crippen molar-refractivity contribution in [1.82, 2.24) is 20.2 Å². The van der Waals surface area contributed by atoms with Crippen molar-refractivity contribution in [3.05, 3.63) is 52.7 Å². The van der Waals surface area contributed by atoms with Gasteiger partial charge in [0.25, 0.3) is 5.56 Å². The molecule has 3 aromatic rings. The van der Waals surface area contributed by atoms with Crippen LogP contribution in [0.25, 0.3) is 21.9 Å². The Morgan fingerprint density at radius 3 is 2.38 bits per heavy atom. The van der Waals surface area contributed by atoms with E-state index in [4.69, 9.17) is 14.2 Å². The van der Waals surface area contributed by atoms with E-state index < -0.39 is 5.60 Å². The first kappa shape index (κ1) is 29.6. The lowest BCUT2D eigenvalue weighted by atomic mass is 9.98. The second-order valence-corrected chi connectivity index (χ2v) is 10.2. The third-order valence-electron chi connectivity index (χ3n) is 6.04. The number of fused-ring (bicyclic) bond motifs is 1. The summed E-state index contributed by atoms with van der Waals surface area (Å²) in [6, 6.07) is 5.68. The van der Waals surface area contributed by atoms with Gasteiger partial charge in [-0.2, -0.15) is 0 Å². The Kier molecular flexibility index (Phi) is 10.1. The Bertz CT molecular complexity index is 1350. The van der Waals surface area contributed by atoms with Gasteiger partial charge < -0.3 is 29.4 Å². The van der Waals surface area contributed by atoms with Crippen LogP contribution >= 0.6 is 0 Å². The molecule has 0 aliphatic heterocycles. The molecule has 0 saturated heterocycles. The minimum atomic E-state index is -0.511. The summed E-state index contributed by atoms with van der Waals surface area (Å²) in [5.41, 5.74) is 1.95. The molecule has 10 heteroatoms. The first-order valence-corrected chi connectivity index (χ1v) is 12.9. The van der Waals surface area contributed by atoms with E-state index in [1.54, 1.807) is 44.4 Å². The number of carbonyl (C=O) groups is 2. The van der Waals surface area contributed by atoms with Crippen LogP contribution < -0.4 is 25.7 Å². The first-order chi connectivity index (χ1) is 18.5. The van der Waals surface area contributed by atoms with Gasteiger partial charge in [-0.3, -0.25) is 19.4 Å². The molecular weight excluding hydrogens is 500 g/mol. The Hall–Kier alpha value is -3.92. The van der Waals surface area contributed by atoms with Gasteiger partial charge in [-0.15, -0.1) is 0 Å². The summed E-state index contributed by atoms with van der Waals surface area (Å²) >= 11 is 0. The van der Waals surface area contributed by atoms with Crippen molar-refractivity contribution >= 4 is 22.6 Å².